The van der Waals surface area contributed by atoms with Crippen LogP contribution in [0, 0.1) is 17.8 Å². The molecule has 1 heterocycles. The molecule has 3 heteroatoms. The maximum Gasteiger partial charge on any atom is 0.251 e. The predicted molar refractivity (Wildman–Crippen MR) is 84.1 cm³/mol. The highest BCUT2D eigenvalue weighted by atomic mass is 16.1. The van der Waals surface area contributed by atoms with Crippen molar-refractivity contribution in [3.8, 4) is 0 Å². The van der Waals surface area contributed by atoms with Crippen molar-refractivity contribution in [2.45, 2.75) is 12.8 Å². The first kappa shape index (κ1) is 12.7. The molecule has 21 heavy (non-hydrogen) atoms. The monoisotopic (exact) mass is 280 g/mol. The highest BCUT2D eigenvalue weighted by Crippen LogP contribution is 2.42. The number of aromatic nitrogens is 1. The lowest BCUT2D eigenvalue weighted by Gasteiger charge is -2.18. The molecular formula is C18H20N2O. The largest absolute Gasteiger partial charge is 0.352 e. The number of rotatable bonds is 3. The number of aryl methyl sites for hydroxylation is 1. The standard InChI is InChI=1S/C18H20N2O/c1-20-7-6-14-10-15(4-5-17(14)20)18(21)19-11-16-9-12-2-3-13(16)8-12/h2-7,10,12-13,16H,8-9,11H2,1H3,(H,19,21)/t12-,13+,16+/m1/s1. The number of nitrogens with one attached hydrogen (secondary N) is 1. The molecule has 0 saturated heterocycles. The number of fused-ring (bicyclic) bond motifs is 3. The smallest absolute Gasteiger partial charge is 0.251 e. The molecule has 0 radical (unpaired) electrons. The molecule has 3 atom stereocenters. The molecule has 2 aliphatic rings. The van der Waals surface area contributed by atoms with Crippen molar-refractivity contribution in [2.24, 2.45) is 24.8 Å². The Morgan fingerprint density at radius 1 is 1.29 bits per heavy atom. The van der Waals surface area contributed by atoms with Crippen LogP contribution in [0.15, 0.2) is 42.6 Å². The summed E-state index contributed by atoms with van der Waals surface area (Å²) in [5, 5.41) is 4.24. The summed E-state index contributed by atoms with van der Waals surface area (Å²) in [5.74, 6) is 2.13. The highest BCUT2D eigenvalue weighted by Gasteiger charge is 2.35. The summed E-state index contributed by atoms with van der Waals surface area (Å²) in [5.41, 5.74) is 1.91. The van der Waals surface area contributed by atoms with Gasteiger partial charge in [0.05, 0.1) is 0 Å². The van der Waals surface area contributed by atoms with Crippen LogP contribution in [0.25, 0.3) is 10.9 Å². The third kappa shape index (κ3) is 2.17. The SMILES string of the molecule is Cn1ccc2cc(C(=O)NC[C@@H]3C[C@@H]4C=C[C@H]3C4)ccc21. The molecule has 108 valence electrons. The number of nitrogens with zero attached hydrogens (tertiary/aromatic N) is 1. The van der Waals surface area contributed by atoms with Gasteiger partial charge in [0.2, 0.25) is 0 Å². The zero-order valence-electron chi connectivity index (χ0n) is 12.3. The van der Waals surface area contributed by atoms with Gasteiger partial charge in [-0.2, -0.15) is 0 Å². The van der Waals surface area contributed by atoms with Gasteiger partial charge in [0.1, 0.15) is 0 Å². The molecule has 4 rings (SSSR count). The first-order chi connectivity index (χ1) is 10.2. The first-order valence-corrected chi connectivity index (χ1v) is 7.72. The number of carbonyl (C=O) groups excluding carboxylic acids is 1. The van der Waals surface area contributed by atoms with Gasteiger partial charge in [-0.15, -0.1) is 0 Å². The van der Waals surface area contributed by atoms with E-state index < -0.39 is 0 Å². The molecular weight excluding hydrogens is 260 g/mol. The van der Waals surface area contributed by atoms with Crippen molar-refractivity contribution in [1.82, 2.24) is 9.88 Å². The number of benzene rings is 1. The lowest BCUT2D eigenvalue weighted by molar-refractivity contribution is 0.0945. The quantitative estimate of drug-likeness (QED) is 0.861. The van der Waals surface area contributed by atoms with Crippen molar-refractivity contribution in [3.63, 3.8) is 0 Å². The summed E-state index contributed by atoms with van der Waals surface area (Å²) in [6.45, 7) is 0.803. The second-order valence-corrected chi connectivity index (χ2v) is 6.45. The maximum absolute atomic E-state index is 12.3. The minimum absolute atomic E-state index is 0.0486. The normalized spacial score (nSPS) is 26.6. The third-order valence-electron chi connectivity index (χ3n) is 5.09. The number of allylic oxidation sites excluding steroid dienone is 2. The van der Waals surface area contributed by atoms with Crippen LogP contribution in [0.2, 0.25) is 0 Å². The van der Waals surface area contributed by atoms with Gasteiger partial charge in [-0.25, -0.2) is 0 Å². The third-order valence-corrected chi connectivity index (χ3v) is 5.09. The van der Waals surface area contributed by atoms with Gasteiger partial charge in [-0.3, -0.25) is 4.79 Å². The van der Waals surface area contributed by atoms with Gasteiger partial charge in [0.25, 0.3) is 5.91 Å². The van der Waals surface area contributed by atoms with E-state index in [-0.39, 0.29) is 5.91 Å². The van der Waals surface area contributed by atoms with E-state index in [4.69, 9.17) is 0 Å². The Kier molecular flexibility index (Phi) is 2.88. The molecule has 3 nitrogen and oxygen atoms in total. The molecule has 0 aliphatic heterocycles. The molecule has 1 fully saturated rings. The molecule has 0 unspecified atom stereocenters. The van der Waals surface area contributed by atoms with Gasteiger partial charge in [0.15, 0.2) is 0 Å². The van der Waals surface area contributed by atoms with Crippen LogP contribution in [0.4, 0.5) is 0 Å². The van der Waals surface area contributed by atoms with Gasteiger partial charge >= 0.3 is 0 Å². The van der Waals surface area contributed by atoms with Gasteiger partial charge in [-0.1, -0.05) is 12.2 Å². The van der Waals surface area contributed by atoms with E-state index in [2.05, 4.69) is 22.0 Å². The predicted octanol–water partition coefficient (Wildman–Crippen LogP) is 3.12. The molecule has 1 saturated carbocycles. The minimum atomic E-state index is 0.0486. The van der Waals surface area contributed by atoms with E-state index in [1.54, 1.807) is 0 Å². The number of amides is 1. The molecule has 2 bridgehead atoms. The molecule has 2 aliphatic carbocycles. The van der Waals surface area contributed by atoms with Gasteiger partial charge < -0.3 is 9.88 Å². The second-order valence-electron chi connectivity index (χ2n) is 6.45. The topological polar surface area (TPSA) is 34.0 Å². The molecule has 1 amide bonds. The number of hydrogen-bond donors (Lipinski definition) is 1. The summed E-state index contributed by atoms with van der Waals surface area (Å²) < 4.78 is 2.07. The van der Waals surface area contributed by atoms with Crippen LogP contribution in [-0.2, 0) is 7.05 Å². The van der Waals surface area contributed by atoms with Crippen molar-refractivity contribution in [3.05, 3.63) is 48.2 Å². The van der Waals surface area contributed by atoms with Gasteiger partial charge in [0, 0.05) is 36.3 Å². The fraction of sp³-hybridized carbons (Fsp3) is 0.389. The van der Waals surface area contributed by atoms with Crippen LogP contribution in [0.3, 0.4) is 0 Å². The van der Waals surface area contributed by atoms with Crippen LogP contribution in [-0.4, -0.2) is 17.0 Å². The maximum atomic E-state index is 12.3. The highest BCUT2D eigenvalue weighted by molar-refractivity contribution is 5.98. The van der Waals surface area contributed by atoms with Crippen molar-refractivity contribution in [1.29, 1.82) is 0 Å². The van der Waals surface area contributed by atoms with Crippen LogP contribution in [0.5, 0.6) is 0 Å². The molecule has 1 aromatic heterocycles. The molecule has 1 aromatic carbocycles. The Morgan fingerprint density at radius 2 is 2.19 bits per heavy atom. The lowest BCUT2D eigenvalue weighted by atomic mass is 9.93. The van der Waals surface area contributed by atoms with Crippen molar-refractivity contribution >= 4 is 16.8 Å². The van der Waals surface area contributed by atoms with E-state index in [9.17, 15) is 4.79 Å². The summed E-state index contributed by atoms with van der Waals surface area (Å²) in [7, 11) is 2.02. The Morgan fingerprint density at radius 3 is 2.95 bits per heavy atom. The Balaban J connectivity index is 1.45. The molecule has 0 spiro atoms. The first-order valence-electron chi connectivity index (χ1n) is 7.72. The number of carbonyl (C=O) groups is 1. The van der Waals surface area contributed by atoms with E-state index in [1.165, 1.54) is 12.8 Å². The Hall–Kier alpha value is -2.03. The van der Waals surface area contributed by atoms with E-state index in [1.807, 2.05) is 37.5 Å². The second kappa shape index (κ2) is 4.76. The summed E-state index contributed by atoms with van der Waals surface area (Å²) in [4.78, 5) is 12.3. The lowest BCUT2D eigenvalue weighted by Crippen LogP contribution is -2.30. The average molecular weight is 280 g/mol. The summed E-state index contributed by atoms with van der Waals surface area (Å²) in [6, 6.07) is 7.96. The summed E-state index contributed by atoms with van der Waals surface area (Å²) >= 11 is 0. The summed E-state index contributed by atoms with van der Waals surface area (Å²) in [6.07, 6.45) is 9.22. The van der Waals surface area contributed by atoms with Crippen LogP contribution in [0.1, 0.15) is 23.2 Å². The fourth-order valence-corrected chi connectivity index (χ4v) is 3.88. The minimum Gasteiger partial charge on any atom is -0.352 e. The van der Waals surface area contributed by atoms with E-state index in [0.29, 0.717) is 11.8 Å². The van der Waals surface area contributed by atoms with Crippen LogP contribution >= 0.6 is 0 Å². The van der Waals surface area contributed by atoms with Crippen molar-refractivity contribution in [2.75, 3.05) is 6.54 Å². The average Bonchev–Trinajstić information content (AvgIpc) is 3.20. The Bertz CT molecular complexity index is 728. The molecule has 1 N–H and O–H groups in total. The van der Waals surface area contributed by atoms with Gasteiger partial charge in [-0.05, 0) is 54.9 Å². The molecule has 2 aromatic rings. The Labute approximate surface area is 124 Å². The zero-order valence-corrected chi connectivity index (χ0v) is 12.3. The number of hydrogen-bond acceptors (Lipinski definition) is 1. The van der Waals surface area contributed by atoms with E-state index >= 15 is 0 Å². The zero-order chi connectivity index (χ0) is 14.4. The van der Waals surface area contributed by atoms with Crippen LogP contribution < -0.4 is 5.32 Å². The fourth-order valence-electron chi connectivity index (χ4n) is 3.88. The van der Waals surface area contributed by atoms with E-state index in [0.717, 1.165) is 28.9 Å². The van der Waals surface area contributed by atoms with Crippen molar-refractivity contribution < 1.29 is 4.79 Å².